The maximum absolute atomic E-state index is 10.8. The Kier molecular flexibility index (Phi) is 6.48. The van der Waals surface area contributed by atoms with Gasteiger partial charge in [0.15, 0.2) is 0 Å². The minimum absolute atomic E-state index is 0.114. The molecule has 13 heavy (non-hydrogen) atoms. The Morgan fingerprint density at radius 3 is 2.54 bits per heavy atom. The topological polar surface area (TPSA) is 78.6 Å². The zero-order valence-corrected chi connectivity index (χ0v) is 8.29. The van der Waals surface area contributed by atoms with Gasteiger partial charge in [0.25, 0.3) is 0 Å². The Morgan fingerprint density at radius 2 is 2.15 bits per heavy atom. The van der Waals surface area contributed by atoms with Crippen LogP contribution >= 0.6 is 0 Å². The van der Waals surface area contributed by atoms with E-state index in [1.807, 2.05) is 18.7 Å². The largest absolute Gasteiger partial charge is 0.395 e. The minimum Gasteiger partial charge on any atom is -0.395 e. The summed E-state index contributed by atoms with van der Waals surface area (Å²) in [5.41, 5.74) is 2.07. The quantitative estimate of drug-likeness (QED) is 0.286. The standard InChI is InChI=1S/C8H19N3O2/c1-7(2)11(5-6-12)4-3-8(13)10-9/h7,12H,3-6,9H2,1-2H3,(H,10,13). The molecule has 0 aliphatic rings. The van der Waals surface area contributed by atoms with Gasteiger partial charge in [-0.05, 0) is 13.8 Å². The van der Waals surface area contributed by atoms with Crippen molar-refractivity contribution in [2.75, 3.05) is 19.7 Å². The molecular formula is C8H19N3O2. The summed E-state index contributed by atoms with van der Waals surface area (Å²) < 4.78 is 0. The lowest BCUT2D eigenvalue weighted by Gasteiger charge is -2.24. The Labute approximate surface area is 78.9 Å². The average Bonchev–Trinajstić information content (AvgIpc) is 2.11. The number of nitrogens with two attached hydrogens (primary N) is 1. The van der Waals surface area contributed by atoms with Gasteiger partial charge in [-0.3, -0.25) is 15.1 Å². The number of carbonyl (C=O) groups excluding carboxylic acids is 1. The molecule has 78 valence electrons. The molecule has 0 spiro atoms. The molecule has 4 N–H and O–H groups in total. The lowest BCUT2D eigenvalue weighted by atomic mass is 10.3. The third kappa shape index (κ3) is 5.57. The third-order valence-corrected chi connectivity index (χ3v) is 1.90. The van der Waals surface area contributed by atoms with E-state index in [2.05, 4.69) is 5.43 Å². The van der Waals surface area contributed by atoms with E-state index >= 15 is 0 Å². The van der Waals surface area contributed by atoms with E-state index in [1.165, 1.54) is 0 Å². The highest BCUT2D eigenvalue weighted by Crippen LogP contribution is 1.98. The van der Waals surface area contributed by atoms with Gasteiger partial charge in [-0.25, -0.2) is 5.84 Å². The summed E-state index contributed by atoms with van der Waals surface area (Å²) >= 11 is 0. The van der Waals surface area contributed by atoms with Gasteiger partial charge in [0.1, 0.15) is 0 Å². The van der Waals surface area contributed by atoms with Gasteiger partial charge < -0.3 is 5.11 Å². The van der Waals surface area contributed by atoms with Crippen molar-refractivity contribution >= 4 is 5.91 Å². The van der Waals surface area contributed by atoms with Gasteiger partial charge in [0, 0.05) is 25.6 Å². The van der Waals surface area contributed by atoms with Gasteiger partial charge in [0.05, 0.1) is 6.61 Å². The number of aliphatic hydroxyl groups excluding tert-OH is 1. The van der Waals surface area contributed by atoms with Crippen LogP contribution in [0.1, 0.15) is 20.3 Å². The predicted octanol–water partition coefficient (Wildman–Crippen LogP) is -0.931. The van der Waals surface area contributed by atoms with Gasteiger partial charge in [-0.2, -0.15) is 0 Å². The van der Waals surface area contributed by atoms with E-state index in [9.17, 15) is 4.79 Å². The average molecular weight is 189 g/mol. The van der Waals surface area contributed by atoms with Crippen LogP contribution in [0.15, 0.2) is 0 Å². The van der Waals surface area contributed by atoms with E-state index in [1.54, 1.807) is 0 Å². The number of nitrogens with zero attached hydrogens (tertiary/aromatic N) is 1. The molecule has 5 nitrogen and oxygen atoms in total. The molecule has 1 amide bonds. The zero-order chi connectivity index (χ0) is 10.3. The minimum atomic E-state index is -0.177. The number of carbonyl (C=O) groups is 1. The Hall–Kier alpha value is -0.650. The summed E-state index contributed by atoms with van der Waals surface area (Å²) in [4.78, 5) is 12.8. The molecule has 0 atom stereocenters. The molecule has 0 radical (unpaired) electrons. The second-order valence-electron chi connectivity index (χ2n) is 3.17. The number of hydrogen-bond acceptors (Lipinski definition) is 4. The first-order valence-corrected chi connectivity index (χ1v) is 4.46. The summed E-state index contributed by atoms with van der Waals surface area (Å²) in [6.45, 7) is 5.38. The molecule has 0 aromatic carbocycles. The fourth-order valence-electron chi connectivity index (χ4n) is 1.07. The summed E-state index contributed by atoms with van der Waals surface area (Å²) in [5.74, 6) is 4.76. The van der Waals surface area contributed by atoms with Crippen LogP contribution in [0.4, 0.5) is 0 Å². The molecule has 0 unspecified atom stereocenters. The maximum Gasteiger partial charge on any atom is 0.235 e. The molecule has 5 heteroatoms. The molecule has 0 saturated carbocycles. The van der Waals surface area contributed by atoms with Gasteiger partial charge in [-0.15, -0.1) is 0 Å². The molecule has 0 saturated heterocycles. The highest BCUT2D eigenvalue weighted by atomic mass is 16.3. The van der Waals surface area contributed by atoms with Crippen LogP contribution in [-0.2, 0) is 4.79 Å². The van der Waals surface area contributed by atoms with E-state index in [0.29, 0.717) is 25.6 Å². The lowest BCUT2D eigenvalue weighted by Crippen LogP contribution is -2.38. The summed E-state index contributed by atoms with van der Waals surface area (Å²) in [6, 6.07) is 0.331. The van der Waals surface area contributed by atoms with E-state index < -0.39 is 0 Å². The van der Waals surface area contributed by atoms with Crippen molar-refractivity contribution in [1.29, 1.82) is 0 Å². The number of amides is 1. The highest BCUT2D eigenvalue weighted by Gasteiger charge is 2.09. The zero-order valence-electron chi connectivity index (χ0n) is 8.29. The second kappa shape index (κ2) is 6.82. The third-order valence-electron chi connectivity index (χ3n) is 1.90. The van der Waals surface area contributed by atoms with Gasteiger partial charge in [-0.1, -0.05) is 0 Å². The van der Waals surface area contributed by atoms with Gasteiger partial charge in [0.2, 0.25) is 5.91 Å². The molecule has 0 aromatic rings. The van der Waals surface area contributed by atoms with E-state index in [-0.39, 0.29) is 12.5 Å². The number of rotatable bonds is 6. The normalized spacial score (nSPS) is 10.9. The van der Waals surface area contributed by atoms with Crippen LogP contribution in [0.5, 0.6) is 0 Å². The fourth-order valence-corrected chi connectivity index (χ4v) is 1.07. The first-order valence-electron chi connectivity index (χ1n) is 4.46. The number of hydrogen-bond donors (Lipinski definition) is 3. The van der Waals surface area contributed by atoms with Crippen LogP contribution in [0.3, 0.4) is 0 Å². The SMILES string of the molecule is CC(C)N(CCO)CCC(=O)NN. The highest BCUT2D eigenvalue weighted by molar-refractivity contribution is 5.75. The first-order chi connectivity index (χ1) is 6.11. The van der Waals surface area contributed by atoms with Crippen molar-refractivity contribution in [3.63, 3.8) is 0 Å². The molecule has 0 rings (SSSR count). The van der Waals surface area contributed by atoms with Crippen LogP contribution in [-0.4, -0.2) is 41.7 Å². The molecule has 0 aliphatic heterocycles. The smallest absolute Gasteiger partial charge is 0.235 e. The van der Waals surface area contributed by atoms with Gasteiger partial charge >= 0.3 is 0 Å². The molecule has 0 bridgehead atoms. The second-order valence-corrected chi connectivity index (χ2v) is 3.17. The molecule has 0 aliphatic carbocycles. The van der Waals surface area contributed by atoms with Crippen LogP contribution in [0.2, 0.25) is 0 Å². The van der Waals surface area contributed by atoms with Crippen LogP contribution in [0, 0.1) is 0 Å². The predicted molar refractivity (Wildman–Crippen MR) is 50.7 cm³/mol. The summed E-state index contributed by atoms with van der Waals surface area (Å²) in [5, 5.41) is 8.74. The Bertz CT molecular complexity index is 150. The number of aliphatic hydroxyl groups is 1. The lowest BCUT2D eigenvalue weighted by molar-refractivity contribution is -0.121. The number of hydrazine groups is 1. The number of nitrogens with one attached hydrogen (secondary N) is 1. The van der Waals surface area contributed by atoms with Crippen molar-refractivity contribution in [2.45, 2.75) is 26.3 Å². The summed E-state index contributed by atoms with van der Waals surface area (Å²) in [7, 11) is 0. The Morgan fingerprint density at radius 1 is 1.54 bits per heavy atom. The van der Waals surface area contributed by atoms with E-state index in [0.717, 1.165) is 0 Å². The molecule has 0 fully saturated rings. The summed E-state index contributed by atoms with van der Waals surface area (Å²) in [6.07, 6.45) is 0.370. The molecule has 0 aromatic heterocycles. The van der Waals surface area contributed by atoms with Crippen LogP contribution in [0.25, 0.3) is 0 Å². The maximum atomic E-state index is 10.8. The first kappa shape index (κ1) is 12.3. The monoisotopic (exact) mass is 189 g/mol. The van der Waals surface area contributed by atoms with Crippen molar-refractivity contribution in [2.24, 2.45) is 5.84 Å². The molecule has 0 heterocycles. The van der Waals surface area contributed by atoms with Crippen LogP contribution < -0.4 is 11.3 Å². The fraction of sp³-hybridized carbons (Fsp3) is 0.875. The van der Waals surface area contributed by atoms with Crippen molar-refractivity contribution in [3.05, 3.63) is 0 Å². The van der Waals surface area contributed by atoms with Crippen molar-refractivity contribution in [1.82, 2.24) is 10.3 Å². The van der Waals surface area contributed by atoms with E-state index in [4.69, 9.17) is 10.9 Å². The molecular weight excluding hydrogens is 170 g/mol. The van der Waals surface area contributed by atoms with Crippen molar-refractivity contribution in [3.8, 4) is 0 Å². The van der Waals surface area contributed by atoms with Crippen molar-refractivity contribution < 1.29 is 9.90 Å². The Balaban J connectivity index is 3.75.